The molecule has 0 saturated carbocycles. The van der Waals surface area contributed by atoms with Gasteiger partial charge in [0.15, 0.2) is 11.5 Å². The molecule has 0 spiro atoms. The molecule has 4 rings (SSSR count). The van der Waals surface area contributed by atoms with Crippen LogP contribution in [0.4, 0.5) is 8.78 Å². The van der Waals surface area contributed by atoms with Crippen LogP contribution in [0.2, 0.25) is 0 Å². The van der Waals surface area contributed by atoms with Crippen molar-refractivity contribution in [2.75, 3.05) is 13.3 Å². The van der Waals surface area contributed by atoms with Crippen LogP contribution in [0, 0.1) is 11.6 Å². The SMILES string of the molecule is Fc1ccc(F)c(C2NCCc3cc4c(cc32)OCO4)c1. The van der Waals surface area contributed by atoms with E-state index in [0.29, 0.717) is 23.6 Å². The minimum atomic E-state index is -0.443. The number of hydrogen-bond donors (Lipinski definition) is 1. The Hall–Kier alpha value is -2.14. The largest absolute Gasteiger partial charge is 0.454 e. The predicted molar refractivity (Wildman–Crippen MR) is 72.5 cm³/mol. The third-order valence-electron chi connectivity index (χ3n) is 3.96. The first-order chi connectivity index (χ1) is 10.2. The molecule has 1 N–H and O–H groups in total. The molecule has 2 aromatic rings. The van der Waals surface area contributed by atoms with Crippen molar-refractivity contribution >= 4 is 0 Å². The highest BCUT2D eigenvalue weighted by molar-refractivity contribution is 5.52. The van der Waals surface area contributed by atoms with E-state index < -0.39 is 11.6 Å². The normalized spacial score (nSPS) is 19.4. The average molecular weight is 289 g/mol. The molecule has 0 amide bonds. The third-order valence-corrected chi connectivity index (χ3v) is 3.96. The van der Waals surface area contributed by atoms with Gasteiger partial charge >= 0.3 is 0 Å². The molecule has 2 aliphatic rings. The maximum Gasteiger partial charge on any atom is 0.231 e. The van der Waals surface area contributed by atoms with E-state index in [1.807, 2.05) is 12.1 Å². The van der Waals surface area contributed by atoms with Gasteiger partial charge in [0.1, 0.15) is 11.6 Å². The average Bonchev–Trinajstić information content (AvgIpc) is 2.94. The molecule has 1 atom stereocenters. The standard InChI is InChI=1S/C16H13F2NO2/c17-10-1-2-13(18)12(6-10)16-11-7-15-14(20-8-21-15)5-9(11)3-4-19-16/h1-2,5-7,16,19H,3-4,8H2. The van der Waals surface area contributed by atoms with Crippen molar-refractivity contribution < 1.29 is 18.3 Å². The van der Waals surface area contributed by atoms with Gasteiger partial charge in [0.2, 0.25) is 6.79 Å². The molecular weight excluding hydrogens is 276 g/mol. The van der Waals surface area contributed by atoms with E-state index >= 15 is 0 Å². The van der Waals surface area contributed by atoms with E-state index in [4.69, 9.17) is 9.47 Å². The quantitative estimate of drug-likeness (QED) is 0.875. The first-order valence-electron chi connectivity index (χ1n) is 6.83. The lowest BCUT2D eigenvalue weighted by molar-refractivity contribution is 0.174. The van der Waals surface area contributed by atoms with Crippen LogP contribution in [0.15, 0.2) is 30.3 Å². The zero-order chi connectivity index (χ0) is 14.4. The fourth-order valence-corrected chi connectivity index (χ4v) is 2.96. The van der Waals surface area contributed by atoms with Gasteiger partial charge < -0.3 is 14.8 Å². The maximum atomic E-state index is 14.1. The molecule has 5 heteroatoms. The zero-order valence-electron chi connectivity index (χ0n) is 11.2. The van der Waals surface area contributed by atoms with Crippen LogP contribution >= 0.6 is 0 Å². The van der Waals surface area contributed by atoms with Crippen molar-refractivity contribution in [3.63, 3.8) is 0 Å². The molecule has 0 fully saturated rings. The Bertz CT molecular complexity index is 718. The van der Waals surface area contributed by atoms with Crippen LogP contribution in [-0.2, 0) is 6.42 Å². The summed E-state index contributed by atoms with van der Waals surface area (Å²) in [6.45, 7) is 0.901. The number of fused-ring (bicyclic) bond motifs is 2. The molecule has 21 heavy (non-hydrogen) atoms. The fourth-order valence-electron chi connectivity index (χ4n) is 2.96. The molecule has 2 aromatic carbocycles. The molecule has 0 aromatic heterocycles. The molecule has 0 saturated heterocycles. The Morgan fingerprint density at radius 3 is 2.67 bits per heavy atom. The Balaban J connectivity index is 1.85. The van der Waals surface area contributed by atoms with Gasteiger partial charge in [-0.15, -0.1) is 0 Å². The molecular formula is C16H13F2NO2. The topological polar surface area (TPSA) is 30.5 Å². The second-order valence-electron chi connectivity index (χ2n) is 5.21. The molecule has 2 heterocycles. The van der Waals surface area contributed by atoms with Gasteiger partial charge in [-0.2, -0.15) is 0 Å². The highest BCUT2D eigenvalue weighted by atomic mass is 19.1. The van der Waals surface area contributed by atoms with E-state index in [-0.39, 0.29) is 12.8 Å². The summed E-state index contributed by atoms with van der Waals surface area (Å²) >= 11 is 0. The monoisotopic (exact) mass is 289 g/mol. The lowest BCUT2D eigenvalue weighted by Gasteiger charge is -2.28. The third kappa shape index (κ3) is 2.05. The fraction of sp³-hybridized carbons (Fsp3) is 0.250. The minimum Gasteiger partial charge on any atom is -0.454 e. The van der Waals surface area contributed by atoms with Gasteiger partial charge in [0.25, 0.3) is 0 Å². The number of benzene rings is 2. The number of halogens is 2. The van der Waals surface area contributed by atoms with Crippen LogP contribution in [0.25, 0.3) is 0 Å². The van der Waals surface area contributed by atoms with Crippen LogP contribution < -0.4 is 14.8 Å². The maximum absolute atomic E-state index is 14.1. The Morgan fingerprint density at radius 2 is 1.81 bits per heavy atom. The summed E-state index contributed by atoms with van der Waals surface area (Å²) in [5, 5.41) is 3.25. The molecule has 108 valence electrons. The second kappa shape index (κ2) is 4.70. The first-order valence-corrected chi connectivity index (χ1v) is 6.83. The highest BCUT2D eigenvalue weighted by Crippen LogP contribution is 2.40. The lowest BCUT2D eigenvalue weighted by Crippen LogP contribution is -2.31. The van der Waals surface area contributed by atoms with Gasteiger partial charge in [0.05, 0.1) is 6.04 Å². The van der Waals surface area contributed by atoms with Crippen molar-refractivity contribution in [2.45, 2.75) is 12.5 Å². The summed E-state index contributed by atoms with van der Waals surface area (Å²) in [4.78, 5) is 0. The van der Waals surface area contributed by atoms with Crippen LogP contribution in [-0.4, -0.2) is 13.3 Å². The Labute approximate surface area is 120 Å². The summed E-state index contributed by atoms with van der Waals surface area (Å²) in [6, 6.07) is 6.95. The van der Waals surface area contributed by atoms with Crippen LogP contribution in [0.1, 0.15) is 22.7 Å². The molecule has 3 nitrogen and oxygen atoms in total. The first kappa shape index (κ1) is 12.6. The van der Waals surface area contributed by atoms with Crippen molar-refractivity contribution in [3.05, 3.63) is 58.7 Å². The van der Waals surface area contributed by atoms with Gasteiger partial charge in [0, 0.05) is 12.1 Å². The number of rotatable bonds is 1. The van der Waals surface area contributed by atoms with Gasteiger partial charge in [-0.3, -0.25) is 0 Å². The Kier molecular flexibility index (Phi) is 2.82. The summed E-state index contributed by atoms with van der Waals surface area (Å²) in [7, 11) is 0. The summed E-state index contributed by atoms with van der Waals surface area (Å²) in [6.07, 6.45) is 0.819. The summed E-state index contributed by atoms with van der Waals surface area (Å²) in [5.74, 6) is 0.508. The number of hydrogen-bond acceptors (Lipinski definition) is 3. The van der Waals surface area contributed by atoms with E-state index in [9.17, 15) is 8.78 Å². The molecule has 0 radical (unpaired) electrons. The smallest absolute Gasteiger partial charge is 0.231 e. The van der Waals surface area contributed by atoms with Gasteiger partial charge in [-0.1, -0.05) is 0 Å². The molecule has 0 bridgehead atoms. The van der Waals surface area contributed by atoms with Crippen LogP contribution in [0.3, 0.4) is 0 Å². The number of nitrogens with one attached hydrogen (secondary N) is 1. The summed E-state index contributed by atoms with van der Waals surface area (Å²) < 4.78 is 38.3. The van der Waals surface area contributed by atoms with E-state index in [1.165, 1.54) is 6.07 Å². The second-order valence-corrected chi connectivity index (χ2v) is 5.21. The Morgan fingerprint density at radius 1 is 1.00 bits per heavy atom. The minimum absolute atomic E-state index is 0.199. The molecule has 2 aliphatic heterocycles. The van der Waals surface area contributed by atoms with Crippen LogP contribution in [0.5, 0.6) is 11.5 Å². The predicted octanol–water partition coefficient (Wildman–Crippen LogP) is 2.93. The van der Waals surface area contributed by atoms with E-state index in [1.54, 1.807) is 0 Å². The highest BCUT2D eigenvalue weighted by Gasteiger charge is 2.27. The van der Waals surface area contributed by atoms with Crippen molar-refractivity contribution in [1.29, 1.82) is 0 Å². The van der Waals surface area contributed by atoms with E-state index in [0.717, 1.165) is 29.7 Å². The molecule has 0 aliphatic carbocycles. The molecule has 1 unspecified atom stereocenters. The summed E-state index contributed by atoms with van der Waals surface area (Å²) in [5.41, 5.74) is 2.30. The zero-order valence-corrected chi connectivity index (χ0v) is 11.2. The van der Waals surface area contributed by atoms with Gasteiger partial charge in [-0.05, 0) is 47.9 Å². The van der Waals surface area contributed by atoms with Crippen molar-refractivity contribution in [3.8, 4) is 11.5 Å². The number of ether oxygens (including phenoxy) is 2. The van der Waals surface area contributed by atoms with E-state index in [2.05, 4.69) is 5.32 Å². The van der Waals surface area contributed by atoms with Gasteiger partial charge in [-0.25, -0.2) is 8.78 Å². The van der Waals surface area contributed by atoms with Crippen molar-refractivity contribution in [2.24, 2.45) is 0 Å². The lowest BCUT2D eigenvalue weighted by atomic mass is 9.89. The van der Waals surface area contributed by atoms with Crippen molar-refractivity contribution in [1.82, 2.24) is 5.32 Å².